The second-order valence-corrected chi connectivity index (χ2v) is 5.91. The first-order valence-electron chi connectivity index (χ1n) is 7.96. The molecule has 5 rings (SSSR count). The zero-order valence-corrected chi connectivity index (χ0v) is 13.8. The fourth-order valence-corrected chi connectivity index (χ4v) is 3.51. The molecule has 0 bridgehead atoms. The SMILES string of the molecule is COc1cccc2c1cc(OC)c1ncc3cc4c(cc3c12)OCO4. The number of ether oxygens (including phenoxy) is 4. The largest absolute Gasteiger partial charge is 0.496 e. The summed E-state index contributed by atoms with van der Waals surface area (Å²) in [5, 5.41) is 5.11. The molecule has 0 fully saturated rings. The molecule has 0 aliphatic carbocycles. The van der Waals surface area contributed by atoms with Gasteiger partial charge in [0.05, 0.1) is 14.2 Å². The van der Waals surface area contributed by atoms with E-state index in [-0.39, 0.29) is 6.79 Å². The highest BCUT2D eigenvalue weighted by Crippen LogP contribution is 2.43. The van der Waals surface area contributed by atoms with Gasteiger partial charge in [0.2, 0.25) is 6.79 Å². The maximum Gasteiger partial charge on any atom is 0.231 e. The van der Waals surface area contributed by atoms with Crippen LogP contribution in [0.1, 0.15) is 0 Å². The monoisotopic (exact) mass is 333 g/mol. The Balaban J connectivity index is 2.03. The number of hydrogen-bond donors (Lipinski definition) is 0. The maximum absolute atomic E-state index is 5.60. The van der Waals surface area contributed by atoms with Gasteiger partial charge in [-0.05, 0) is 35.0 Å². The van der Waals surface area contributed by atoms with Crippen LogP contribution >= 0.6 is 0 Å². The van der Waals surface area contributed by atoms with Gasteiger partial charge in [-0.1, -0.05) is 12.1 Å². The van der Waals surface area contributed by atoms with Crippen LogP contribution in [0.25, 0.3) is 32.4 Å². The number of hydrogen-bond acceptors (Lipinski definition) is 5. The lowest BCUT2D eigenvalue weighted by Crippen LogP contribution is -1.93. The van der Waals surface area contributed by atoms with E-state index in [1.54, 1.807) is 14.2 Å². The second-order valence-electron chi connectivity index (χ2n) is 5.91. The first-order chi connectivity index (χ1) is 12.3. The van der Waals surface area contributed by atoms with Gasteiger partial charge in [-0.2, -0.15) is 0 Å². The lowest BCUT2D eigenvalue weighted by atomic mass is 9.98. The van der Waals surface area contributed by atoms with Crippen molar-refractivity contribution in [3.63, 3.8) is 0 Å². The predicted octanol–water partition coefficient (Wildman–Crippen LogP) is 4.29. The Morgan fingerprint density at radius 2 is 1.68 bits per heavy atom. The molecule has 5 nitrogen and oxygen atoms in total. The Morgan fingerprint density at radius 3 is 2.48 bits per heavy atom. The number of fused-ring (bicyclic) bond motifs is 6. The molecule has 1 aliphatic rings. The number of benzene rings is 3. The average Bonchev–Trinajstić information content (AvgIpc) is 3.11. The van der Waals surface area contributed by atoms with E-state index in [1.165, 1.54) is 0 Å². The Bertz CT molecular complexity index is 1150. The molecule has 1 aromatic heterocycles. The van der Waals surface area contributed by atoms with Gasteiger partial charge in [-0.25, -0.2) is 0 Å². The molecule has 0 spiro atoms. The Labute approximate surface area is 143 Å². The molecule has 4 aromatic rings. The van der Waals surface area contributed by atoms with Crippen LogP contribution in [-0.2, 0) is 0 Å². The average molecular weight is 333 g/mol. The van der Waals surface area contributed by atoms with Crippen molar-refractivity contribution in [2.75, 3.05) is 21.0 Å². The fourth-order valence-electron chi connectivity index (χ4n) is 3.51. The highest BCUT2D eigenvalue weighted by atomic mass is 16.7. The smallest absolute Gasteiger partial charge is 0.231 e. The van der Waals surface area contributed by atoms with Crippen LogP contribution in [0.5, 0.6) is 23.0 Å². The summed E-state index contributed by atoms with van der Waals surface area (Å²) in [5.41, 5.74) is 0.814. The third kappa shape index (κ3) is 1.92. The molecule has 124 valence electrons. The van der Waals surface area contributed by atoms with Crippen LogP contribution in [0.2, 0.25) is 0 Å². The van der Waals surface area contributed by atoms with Gasteiger partial charge in [0.15, 0.2) is 11.5 Å². The molecule has 25 heavy (non-hydrogen) atoms. The predicted molar refractivity (Wildman–Crippen MR) is 96.0 cm³/mol. The summed E-state index contributed by atoms with van der Waals surface area (Å²) in [6, 6.07) is 12.0. The van der Waals surface area contributed by atoms with Crippen molar-refractivity contribution < 1.29 is 18.9 Å². The van der Waals surface area contributed by atoms with E-state index in [1.807, 2.05) is 36.5 Å². The summed E-state index contributed by atoms with van der Waals surface area (Å²) in [6.07, 6.45) is 1.84. The third-order valence-electron chi connectivity index (χ3n) is 4.67. The van der Waals surface area contributed by atoms with Crippen molar-refractivity contribution in [2.24, 2.45) is 0 Å². The highest BCUT2D eigenvalue weighted by molar-refractivity contribution is 6.21. The van der Waals surface area contributed by atoms with Crippen molar-refractivity contribution in [1.82, 2.24) is 4.98 Å². The first-order valence-corrected chi connectivity index (χ1v) is 7.96. The van der Waals surface area contributed by atoms with Crippen molar-refractivity contribution in [2.45, 2.75) is 0 Å². The van der Waals surface area contributed by atoms with Gasteiger partial charge in [0, 0.05) is 22.4 Å². The lowest BCUT2D eigenvalue weighted by Gasteiger charge is -2.13. The van der Waals surface area contributed by atoms with Crippen LogP contribution in [0.3, 0.4) is 0 Å². The Morgan fingerprint density at radius 1 is 0.880 bits per heavy atom. The molecule has 3 aromatic carbocycles. The molecule has 0 saturated carbocycles. The molecule has 1 aliphatic heterocycles. The number of methoxy groups -OCH3 is 2. The third-order valence-corrected chi connectivity index (χ3v) is 4.67. The van der Waals surface area contributed by atoms with Crippen LogP contribution in [0.15, 0.2) is 42.6 Å². The van der Waals surface area contributed by atoms with Gasteiger partial charge in [0.25, 0.3) is 0 Å². The van der Waals surface area contributed by atoms with E-state index < -0.39 is 0 Å². The second kappa shape index (κ2) is 5.14. The van der Waals surface area contributed by atoms with E-state index in [0.29, 0.717) is 5.75 Å². The Kier molecular flexibility index (Phi) is 2.91. The summed E-state index contributed by atoms with van der Waals surface area (Å²) >= 11 is 0. The Hall–Kier alpha value is -3.21. The summed E-state index contributed by atoms with van der Waals surface area (Å²) in [7, 11) is 3.33. The van der Waals surface area contributed by atoms with Gasteiger partial charge < -0.3 is 18.9 Å². The minimum atomic E-state index is 0.245. The van der Waals surface area contributed by atoms with Crippen molar-refractivity contribution in [1.29, 1.82) is 0 Å². The minimum absolute atomic E-state index is 0.245. The quantitative estimate of drug-likeness (QED) is 0.512. The number of pyridine rings is 1. The van der Waals surface area contributed by atoms with Crippen LogP contribution < -0.4 is 18.9 Å². The molecule has 0 atom stereocenters. The molecule has 0 saturated heterocycles. The van der Waals surface area contributed by atoms with Crippen LogP contribution in [0, 0.1) is 0 Å². The van der Waals surface area contributed by atoms with Gasteiger partial charge in [0.1, 0.15) is 17.0 Å². The van der Waals surface area contributed by atoms with Crippen LogP contribution in [0.4, 0.5) is 0 Å². The number of nitrogens with zero attached hydrogens (tertiary/aromatic N) is 1. The summed E-state index contributed by atoms with van der Waals surface area (Å²) in [4.78, 5) is 4.65. The van der Waals surface area contributed by atoms with Crippen molar-refractivity contribution >= 4 is 32.4 Å². The highest BCUT2D eigenvalue weighted by Gasteiger charge is 2.19. The molecular weight excluding hydrogens is 318 g/mol. The summed E-state index contributed by atoms with van der Waals surface area (Å²) in [6.45, 7) is 0.245. The van der Waals surface area contributed by atoms with Gasteiger partial charge >= 0.3 is 0 Å². The number of rotatable bonds is 2. The fraction of sp³-hybridized carbons (Fsp3) is 0.150. The maximum atomic E-state index is 5.60. The van der Waals surface area contributed by atoms with E-state index in [4.69, 9.17) is 18.9 Å². The molecular formula is C20H15NO4. The van der Waals surface area contributed by atoms with Gasteiger partial charge in [-0.15, -0.1) is 0 Å². The van der Waals surface area contributed by atoms with Gasteiger partial charge in [-0.3, -0.25) is 4.98 Å². The lowest BCUT2D eigenvalue weighted by molar-refractivity contribution is 0.174. The molecule has 2 heterocycles. The van der Waals surface area contributed by atoms with Crippen LogP contribution in [-0.4, -0.2) is 26.0 Å². The minimum Gasteiger partial charge on any atom is -0.496 e. The topological polar surface area (TPSA) is 49.8 Å². The molecule has 0 radical (unpaired) electrons. The van der Waals surface area contributed by atoms with E-state index >= 15 is 0 Å². The first kappa shape index (κ1) is 14.2. The van der Waals surface area contributed by atoms with E-state index in [0.717, 1.165) is 49.7 Å². The molecule has 0 unspecified atom stereocenters. The molecule has 5 heteroatoms. The van der Waals surface area contributed by atoms with Crippen molar-refractivity contribution in [3.05, 3.63) is 42.6 Å². The zero-order valence-electron chi connectivity index (χ0n) is 13.8. The molecule has 0 N–H and O–H groups in total. The van der Waals surface area contributed by atoms with E-state index in [9.17, 15) is 0 Å². The van der Waals surface area contributed by atoms with E-state index in [2.05, 4.69) is 11.1 Å². The molecule has 0 amide bonds. The zero-order chi connectivity index (χ0) is 17.0. The normalized spacial score (nSPS) is 12.9. The standard InChI is InChI=1S/C20H15NO4/c1-22-15-5-3-4-12-14(15)8-18(23-2)20-19(12)13-7-17-16(24-10-25-17)6-11(13)9-21-20/h3-9H,10H2,1-2H3. The number of aromatic nitrogens is 1. The van der Waals surface area contributed by atoms with Crippen molar-refractivity contribution in [3.8, 4) is 23.0 Å². The summed E-state index contributed by atoms with van der Waals surface area (Å²) in [5.74, 6) is 3.01. The summed E-state index contributed by atoms with van der Waals surface area (Å²) < 4.78 is 22.2.